The van der Waals surface area contributed by atoms with Crippen molar-refractivity contribution in [2.24, 2.45) is 5.73 Å². The maximum atomic E-state index is 11.2. The van der Waals surface area contributed by atoms with Crippen molar-refractivity contribution in [3.8, 4) is 22.9 Å². The first kappa shape index (κ1) is 12.6. The van der Waals surface area contributed by atoms with Crippen molar-refractivity contribution in [1.29, 1.82) is 5.26 Å². The van der Waals surface area contributed by atoms with E-state index in [0.717, 1.165) is 11.1 Å². The topological polar surface area (TPSA) is 93.9 Å². The second-order valence-corrected chi connectivity index (χ2v) is 3.86. The lowest BCUT2D eigenvalue weighted by molar-refractivity contribution is 0.0997. The Labute approximate surface area is 110 Å². The molecule has 0 aliphatic heterocycles. The predicted octanol–water partition coefficient (Wildman–Crippen LogP) is 1.18. The number of primary amides is 1. The van der Waals surface area contributed by atoms with E-state index in [1.165, 1.54) is 11.8 Å². The lowest BCUT2D eigenvalue weighted by Crippen LogP contribution is -2.12. The average Bonchev–Trinajstić information content (AvgIpc) is 2.87. The van der Waals surface area contributed by atoms with Gasteiger partial charge in [0.1, 0.15) is 12.3 Å². The third-order valence-electron chi connectivity index (χ3n) is 2.67. The fourth-order valence-electron chi connectivity index (χ4n) is 1.75. The lowest BCUT2D eigenvalue weighted by Gasteiger charge is -2.07. The highest BCUT2D eigenvalue weighted by Gasteiger charge is 2.11. The van der Waals surface area contributed by atoms with Crippen LogP contribution in [0.2, 0.25) is 0 Å². The van der Waals surface area contributed by atoms with Gasteiger partial charge in [-0.05, 0) is 17.7 Å². The molecule has 1 aromatic carbocycles. The highest BCUT2D eigenvalue weighted by Crippen LogP contribution is 2.26. The fraction of sp³-hybridized carbons (Fsp3) is 0.154. The highest BCUT2D eigenvalue weighted by molar-refractivity contribution is 5.96. The highest BCUT2D eigenvalue weighted by atomic mass is 16.5. The Balaban J connectivity index is 2.40. The Morgan fingerprint density at radius 2 is 2.32 bits per heavy atom. The molecule has 1 aromatic heterocycles. The predicted molar refractivity (Wildman–Crippen MR) is 68.3 cm³/mol. The molecule has 0 aliphatic rings. The molecule has 6 nitrogen and oxygen atoms in total. The summed E-state index contributed by atoms with van der Waals surface area (Å²) in [6.45, 7) is 0.191. The van der Waals surface area contributed by atoms with E-state index in [-0.39, 0.29) is 6.54 Å². The van der Waals surface area contributed by atoms with Crippen molar-refractivity contribution < 1.29 is 9.53 Å². The number of ether oxygens (including phenoxy) is 1. The molecule has 96 valence electrons. The van der Waals surface area contributed by atoms with Crippen molar-refractivity contribution in [3.05, 3.63) is 36.2 Å². The Morgan fingerprint density at radius 1 is 1.53 bits per heavy atom. The lowest BCUT2D eigenvalue weighted by atomic mass is 10.1. The van der Waals surface area contributed by atoms with Crippen LogP contribution in [0, 0.1) is 11.3 Å². The van der Waals surface area contributed by atoms with E-state index in [1.807, 2.05) is 6.07 Å². The number of aromatic nitrogens is 2. The van der Waals surface area contributed by atoms with Crippen LogP contribution in [0.3, 0.4) is 0 Å². The van der Waals surface area contributed by atoms with E-state index < -0.39 is 5.91 Å². The van der Waals surface area contributed by atoms with Gasteiger partial charge in [0.05, 0.1) is 24.9 Å². The van der Waals surface area contributed by atoms with Crippen LogP contribution < -0.4 is 10.5 Å². The summed E-state index contributed by atoms with van der Waals surface area (Å²) in [5.74, 6) is -0.124. The standard InChI is InChI=1S/C13H12N4O2/c1-19-12-6-9(2-3-11(12)13(15)18)10-7-16-17(8-10)5-4-14/h2-3,6-8H,5H2,1H3,(H2,15,18). The van der Waals surface area contributed by atoms with Gasteiger partial charge in [-0.1, -0.05) is 6.07 Å². The van der Waals surface area contributed by atoms with Gasteiger partial charge < -0.3 is 10.5 Å². The smallest absolute Gasteiger partial charge is 0.252 e. The fourth-order valence-corrected chi connectivity index (χ4v) is 1.75. The number of nitriles is 1. The molecular weight excluding hydrogens is 244 g/mol. The van der Waals surface area contributed by atoms with Crippen molar-refractivity contribution in [2.45, 2.75) is 6.54 Å². The van der Waals surface area contributed by atoms with Crippen molar-refractivity contribution in [2.75, 3.05) is 7.11 Å². The second-order valence-electron chi connectivity index (χ2n) is 3.86. The monoisotopic (exact) mass is 256 g/mol. The van der Waals surface area contributed by atoms with Crippen molar-refractivity contribution in [1.82, 2.24) is 9.78 Å². The molecule has 0 atom stereocenters. The van der Waals surface area contributed by atoms with E-state index in [4.69, 9.17) is 15.7 Å². The third-order valence-corrected chi connectivity index (χ3v) is 2.67. The van der Waals surface area contributed by atoms with Crippen molar-refractivity contribution >= 4 is 5.91 Å². The molecule has 2 rings (SSSR count). The molecule has 0 bridgehead atoms. The Bertz CT molecular complexity index is 655. The first-order valence-electron chi connectivity index (χ1n) is 5.53. The number of carbonyl (C=O) groups excluding carboxylic acids is 1. The van der Waals surface area contributed by atoms with E-state index in [2.05, 4.69) is 5.10 Å². The van der Waals surface area contributed by atoms with Crippen LogP contribution in [-0.2, 0) is 6.54 Å². The van der Waals surface area contributed by atoms with Crippen LogP contribution in [0.4, 0.5) is 0 Å². The van der Waals surface area contributed by atoms with Gasteiger partial charge in [-0.15, -0.1) is 0 Å². The van der Waals surface area contributed by atoms with Crippen LogP contribution in [0.15, 0.2) is 30.6 Å². The number of carbonyl (C=O) groups is 1. The maximum Gasteiger partial charge on any atom is 0.252 e. The number of nitrogens with two attached hydrogens (primary N) is 1. The molecule has 0 saturated heterocycles. The van der Waals surface area contributed by atoms with E-state index in [0.29, 0.717) is 11.3 Å². The molecule has 2 aromatic rings. The van der Waals surface area contributed by atoms with Gasteiger partial charge in [-0.2, -0.15) is 10.4 Å². The minimum Gasteiger partial charge on any atom is -0.496 e. The largest absolute Gasteiger partial charge is 0.496 e. The zero-order valence-electron chi connectivity index (χ0n) is 10.3. The molecule has 0 aliphatic carbocycles. The van der Waals surface area contributed by atoms with Gasteiger partial charge in [0.2, 0.25) is 0 Å². The van der Waals surface area contributed by atoms with Crippen molar-refractivity contribution in [3.63, 3.8) is 0 Å². The molecule has 1 amide bonds. The summed E-state index contributed by atoms with van der Waals surface area (Å²) < 4.78 is 6.67. The van der Waals surface area contributed by atoms with Crippen LogP contribution in [0.1, 0.15) is 10.4 Å². The first-order chi connectivity index (χ1) is 9.15. The number of hydrogen-bond donors (Lipinski definition) is 1. The molecule has 1 heterocycles. The third kappa shape index (κ3) is 2.55. The summed E-state index contributed by atoms with van der Waals surface area (Å²) in [7, 11) is 1.48. The van der Waals surface area contributed by atoms with Gasteiger partial charge in [0.25, 0.3) is 5.91 Å². The normalized spacial score (nSPS) is 9.89. The second kappa shape index (κ2) is 5.23. The molecular formula is C13H12N4O2. The SMILES string of the molecule is COc1cc(-c2cnn(CC#N)c2)ccc1C(N)=O. The van der Waals surface area contributed by atoms with E-state index >= 15 is 0 Å². The molecule has 0 spiro atoms. The number of rotatable bonds is 4. The minimum atomic E-state index is -0.538. The molecule has 0 saturated carbocycles. The zero-order valence-corrected chi connectivity index (χ0v) is 10.3. The van der Waals surface area contributed by atoms with Gasteiger partial charge in [0, 0.05) is 11.8 Å². The Hall–Kier alpha value is -2.81. The van der Waals surface area contributed by atoms with Crippen LogP contribution in [0.25, 0.3) is 11.1 Å². The zero-order chi connectivity index (χ0) is 13.8. The molecule has 0 fully saturated rings. The number of nitrogens with zero attached hydrogens (tertiary/aromatic N) is 3. The average molecular weight is 256 g/mol. The number of benzene rings is 1. The van der Waals surface area contributed by atoms with Gasteiger partial charge >= 0.3 is 0 Å². The maximum absolute atomic E-state index is 11.2. The summed E-state index contributed by atoms with van der Waals surface area (Å²) in [5.41, 5.74) is 7.26. The first-order valence-corrected chi connectivity index (χ1v) is 5.53. The van der Waals surface area contributed by atoms with Crippen LogP contribution >= 0.6 is 0 Å². The summed E-state index contributed by atoms with van der Waals surface area (Å²) >= 11 is 0. The van der Waals surface area contributed by atoms with Crippen LogP contribution in [0.5, 0.6) is 5.75 Å². The number of methoxy groups -OCH3 is 1. The molecule has 6 heteroatoms. The number of hydrogen-bond acceptors (Lipinski definition) is 4. The summed E-state index contributed by atoms with van der Waals surface area (Å²) in [4.78, 5) is 11.2. The Morgan fingerprint density at radius 3 is 2.95 bits per heavy atom. The quantitative estimate of drug-likeness (QED) is 0.888. The minimum absolute atomic E-state index is 0.191. The molecule has 0 unspecified atom stereocenters. The van der Waals surface area contributed by atoms with E-state index in [1.54, 1.807) is 30.6 Å². The summed E-state index contributed by atoms with van der Waals surface area (Å²) in [6.07, 6.45) is 3.40. The molecule has 19 heavy (non-hydrogen) atoms. The summed E-state index contributed by atoms with van der Waals surface area (Å²) in [6, 6.07) is 7.10. The van der Waals surface area contributed by atoms with Gasteiger partial charge in [0.15, 0.2) is 0 Å². The summed E-state index contributed by atoms with van der Waals surface area (Å²) in [5, 5.41) is 12.7. The van der Waals surface area contributed by atoms with Gasteiger partial charge in [-0.25, -0.2) is 0 Å². The molecule has 0 radical (unpaired) electrons. The van der Waals surface area contributed by atoms with Gasteiger partial charge in [-0.3, -0.25) is 9.48 Å². The Kier molecular flexibility index (Phi) is 3.48. The number of amides is 1. The van der Waals surface area contributed by atoms with Crippen LogP contribution in [-0.4, -0.2) is 22.8 Å². The van der Waals surface area contributed by atoms with E-state index in [9.17, 15) is 4.79 Å². The molecule has 2 N–H and O–H groups in total.